The summed E-state index contributed by atoms with van der Waals surface area (Å²) in [4.78, 5) is 12.1. The Bertz CT molecular complexity index is 629. The van der Waals surface area contributed by atoms with Crippen LogP contribution in [0.15, 0.2) is 67.3 Å². The molecule has 1 N–H and O–H groups in total. The van der Waals surface area contributed by atoms with Crippen molar-refractivity contribution >= 4 is 11.5 Å². The Hall–Kier alpha value is -2.48. The Morgan fingerprint density at radius 3 is 2.45 bits per heavy atom. The van der Waals surface area contributed by atoms with E-state index < -0.39 is 0 Å². The van der Waals surface area contributed by atoms with Crippen LogP contribution in [0, 0.1) is 5.41 Å². The zero-order valence-corrected chi connectivity index (χ0v) is 11.3. The van der Waals surface area contributed by atoms with Crippen LogP contribution in [0.3, 0.4) is 0 Å². The van der Waals surface area contributed by atoms with Crippen molar-refractivity contribution < 1.29 is 4.79 Å². The highest BCUT2D eigenvalue weighted by molar-refractivity contribution is 6.45. The summed E-state index contributed by atoms with van der Waals surface area (Å²) in [5, 5.41) is 7.97. The number of ketones is 1. The van der Waals surface area contributed by atoms with Gasteiger partial charge in [-0.1, -0.05) is 60.7 Å². The van der Waals surface area contributed by atoms with E-state index in [4.69, 9.17) is 5.41 Å². The molecule has 0 saturated heterocycles. The predicted octanol–water partition coefficient (Wildman–Crippen LogP) is 3.86. The van der Waals surface area contributed by atoms with Crippen LogP contribution in [-0.2, 0) is 12.8 Å². The maximum absolute atomic E-state index is 12.1. The van der Waals surface area contributed by atoms with Crippen LogP contribution in [0.25, 0.3) is 0 Å². The summed E-state index contributed by atoms with van der Waals surface area (Å²) in [5.41, 5.74) is 2.82. The summed E-state index contributed by atoms with van der Waals surface area (Å²) >= 11 is 0. The van der Waals surface area contributed by atoms with Gasteiger partial charge >= 0.3 is 0 Å². The highest BCUT2D eigenvalue weighted by atomic mass is 16.1. The van der Waals surface area contributed by atoms with Crippen LogP contribution in [-0.4, -0.2) is 11.5 Å². The van der Waals surface area contributed by atoms with Crippen molar-refractivity contribution in [2.24, 2.45) is 0 Å². The van der Waals surface area contributed by atoms with Gasteiger partial charge in [0.15, 0.2) is 0 Å². The van der Waals surface area contributed by atoms with Crippen LogP contribution in [0.4, 0.5) is 0 Å². The van der Waals surface area contributed by atoms with Crippen LogP contribution >= 0.6 is 0 Å². The van der Waals surface area contributed by atoms with Crippen molar-refractivity contribution in [1.82, 2.24) is 0 Å². The normalized spacial score (nSPS) is 10.0. The zero-order valence-electron chi connectivity index (χ0n) is 11.3. The van der Waals surface area contributed by atoms with E-state index in [0.717, 1.165) is 17.5 Å². The molecule has 2 aromatic carbocycles. The first-order chi connectivity index (χ1) is 9.70. The summed E-state index contributed by atoms with van der Waals surface area (Å²) in [6.07, 6.45) is 3.01. The lowest BCUT2D eigenvalue weighted by Crippen LogP contribution is -2.15. The maximum atomic E-state index is 12.1. The fourth-order valence-electron chi connectivity index (χ4n) is 2.08. The zero-order chi connectivity index (χ0) is 14.4. The summed E-state index contributed by atoms with van der Waals surface area (Å²) in [6, 6.07) is 16.9. The predicted molar refractivity (Wildman–Crippen MR) is 82.5 cm³/mol. The summed E-state index contributed by atoms with van der Waals surface area (Å²) in [6.45, 7) is 3.72. The van der Waals surface area contributed by atoms with Gasteiger partial charge in [0.05, 0.1) is 5.71 Å². The van der Waals surface area contributed by atoms with Crippen molar-refractivity contribution in [1.29, 1.82) is 5.41 Å². The second-order valence-electron chi connectivity index (χ2n) is 4.66. The van der Waals surface area contributed by atoms with Gasteiger partial charge in [0.1, 0.15) is 0 Å². The molecule has 0 atom stereocenters. The molecule has 2 aromatic rings. The van der Waals surface area contributed by atoms with E-state index in [2.05, 4.69) is 6.58 Å². The third kappa shape index (κ3) is 3.51. The Morgan fingerprint density at radius 2 is 1.75 bits per heavy atom. The number of nitrogens with one attached hydrogen (secondary N) is 1. The van der Waals surface area contributed by atoms with E-state index in [0.29, 0.717) is 12.0 Å². The highest BCUT2D eigenvalue weighted by Gasteiger charge is 2.12. The summed E-state index contributed by atoms with van der Waals surface area (Å²) in [5.74, 6) is -0.209. The minimum Gasteiger partial charge on any atom is -0.301 e. The number of Topliss-reactive ketones (excluding diaryl/α,β-unsaturated/α-hetero) is 1. The monoisotopic (exact) mass is 263 g/mol. The molecule has 0 spiro atoms. The minimum absolute atomic E-state index is 0.118. The molecule has 0 bridgehead atoms. The molecule has 0 unspecified atom stereocenters. The Labute approximate surface area is 119 Å². The lowest BCUT2D eigenvalue weighted by atomic mass is 9.99. The number of carbonyl (C=O) groups is 1. The Kier molecular flexibility index (Phi) is 4.61. The summed E-state index contributed by atoms with van der Waals surface area (Å²) < 4.78 is 0. The van der Waals surface area contributed by atoms with Crippen molar-refractivity contribution in [3.05, 3.63) is 83.9 Å². The second-order valence-corrected chi connectivity index (χ2v) is 4.66. The van der Waals surface area contributed by atoms with Crippen LogP contribution in [0.5, 0.6) is 0 Å². The van der Waals surface area contributed by atoms with Gasteiger partial charge in [-0.3, -0.25) is 4.79 Å². The molecule has 0 aromatic heterocycles. The molecule has 0 heterocycles. The minimum atomic E-state index is -0.209. The first-order valence-corrected chi connectivity index (χ1v) is 6.56. The quantitative estimate of drug-likeness (QED) is 0.480. The molecule has 0 aliphatic rings. The van der Waals surface area contributed by atoms with E-state index in [9.17, 15) is 4.79 Å². The number of hydrogen-bond donors (Lipinski definition) is 1. The fourth-order valence-corrected chi connectivity index (χ4v) is 2.08. The van der Waals surface area contributed by atoms with Gasteiger partial charge in [-0.2, -0.15) is 0 Å². The van der Waals surface area contributed by atoms with E-state index in [-0.39, 0.29) is 11.5 Å². The molecule has 0 fully saturated rings. The third-order valence-corrected chi connectivity index (χ3v) is 3.06. The molecule has 2 nitrogen and oxygen atoms in total. The molecule has 100 valence electrons. The van der Waals surface area contributed by atoms with Crippen molar-refractivity contribution in [3.8, 4) is 0 Å². The number of allylic oxidation sites excluding steroid dienone is 1. The van der Waals surface area contributed by atoms with Gasteiger partial charge in [0.25, 0.3) is 0 Å². The largest absolute Gasteiger partial charge is 0.301 e. The molecular formula is C18H17NO. The average molecular weight is 263 g/mol. The average Bonchev–Trinajstić information content (AvgIpc) is 2.48. The highest BCUT2D eigenvalue weighted by Crippen LogP contribution is 2.10. The molecule has 0 aliphatic carbocycles. The van der Waals surface area contributed by atoms with E-state index in [1.807, 2.05) is 48.5 Å². The standard InChI is InChI=1S/C18H17NO/c1-2-7-14-8-6-9-15(12-14)13-17(19)18(20)16-10-4-3-5-11-16/h2-6,8-12,19H,1,7,13H2. The van der Waals surface area contributed by atoms with Gasteiger partial charge in [0, 0.05) is 12.0 Å². The van der Waals surface area contributed by atoms with E-state index in [1.165, 1.54) is 0 Å². The fraction of sp³-hybridized carbons (Fsp3) is 0.111. The van der Waals surface area contributed by atoms with Gasteiger partial charge < -0.3 is 5.41 Å². The molecular weight excluding hydrogens is 246 g/mol. The van der Waals surface area contributed by atoms with Crippen molar-refractivity contribution in [3.63, 3.8) is 0 Å². The first kappa shape index (κ1) is 13.9. The van der Waals surface area contributed by atoms with E-state index >= 15 is 0 Å². The number of hydrogen-bond acceptors (Lipinski definition) is 2. The van der Waals surface area contributed by atoms with Gasteiger partial charge in [-0.15, -0.1) is 6.58 Å². The molecule has 0 radical (unpaired) electrons. The smallest absolute Gasteiger partial charge is 0.206 e. The second kappa shape index (κ2) is 6.62. The SMILES string of the molecule is C=CCc1cccc(CC(=N)C(=O)c2ccccc2)c1. The Balaban J connectivity index is 2.10. The molecule has 0 aliphatic heterocycles. The first-order valence-electron chi connectivity index (χ1n) is 6.56. The van der Waals surface area contributed by atoms with Gasteiger partial charge in [-0.25, -0.2) is 0 Å². The molecule has 0 saturated carbocycles. The maximum Gasteiger partial charge on any atom is 0.206 e. The molecule has 2 rings (SSSR count). The Morgan fingerprint density at radius 1 is 1.05 bits per heavy atom. The number of benzene rings is 2. The lowest BCUT2D eigenvalue weighted by molar-refractivity contribution is 0.106. The van der Waals surface area contributed by atoms with Crippen LogP contribution in [0.1, 0.15) is 21.5 Å². The number of rotatable bonds is 6. The lowest BCUT2D eigenvalue weighted by Gasteiger charge is -2.05. The van der Waals surface area contributed by atoms with E-state index in [1.54, 1.807) is 12.1 Å². The van der Waals surface area contributed by atoms with Gasteiger partial charge in [0.2, 0.25) is 5.78 Å². The van der Waals surface area contributed by atoms with Gasteiger partial charge in [-0.05, 0) is 17.5 Å². The summed E-state index contributed by atoms with van der Waals surface area (Å²) in [7, 11) is 0. The molecule has 20 heavy (non-hydrogen) atoms. The topological polar surface area (TPSA) is 40.9 Å². The van der Waals surface area contributed by atoms with Crippen molar-refractivity contribution in [2.75, 3.05) is 0 Å². The van der Waals surface area contributed by atoms with Crippen molar-refractivity contribution in [2.45, 2.75) is 12.8 Å². The number of carbonyl (C=O) groups excluding carboxylic acids is 1. The molecule has 0 amide bonds. The van der Waals surface area contributed by atoms with Crippen LogP contribution < -0.4 is 0 Å². The van der Waals surface area contributed by atoms with Crippen LogP contribution in [0.2, 0.25) is 0 Å². The molecule has 2 heteroatoms. The third-order valence-electron chi connectivity index (χ3n) is 3.06.